The molecule has 0 aliphatic rings. The molecule has 0 spiro atoms. The number of nitrogens with one attached hydrogen (secondary N) is 1. The van der Waals surface area contributed by atoms with Gasteiger partial charge in [-0.25, -0.2) is 9.97 Å². The Morgan fingerprint density at radius 2 is 2.21 bits per heavy atom. The maximum absolute atomic E-state index is 11.6. The molecule has 2 rings (SSSR count). The van der Waals surface area contributed by atoms with Crippen LogP contribution in [-0.4, -0.2) is 39.4 Å². The molecule has 0 saturated carbocycles. The first-order valence-electron chi connectivity index (χ1n) is 5.94. The molecule has 0 aliphatic carbocycles. The maximum atomic E-state index is 11.6. The Hall–Kier alpha value is -1.66. The van der Waals surface area contributed by atoms with Gasteiger partial charge in [0.2, 0.25) is 5.91 Å². The highest BCUT2D eigenvalue weighted by molar-refractivity contribution is 8.00. The van der Waals surface area contributed by atoms with Crippen LogP contribution in [0.15, 0.2) is 35.6 Å². The number of nitrogens with zero attached hydrogens (tertiary/aromatic N) is 2. The first-order chi connectivity index (χ1) is 9.16. The second kappa shape index (κ2) is 6.49. The molecule has 1 aromatic carbocycles. The minimum atomic E-state index is -0.533. The van der Waals surface area contributed by atoms with E-state index in [9.17, 15) is 4.79 Å². The first-order valence-corrected chi connectivity index (χ1v) is 6.92. The van der Waals surface area contributed by atoms with E-state index in [1.165, 1.54) is 18.1 Å². The molecular formula is C13H15N3O2S. The molecule has 100 valence electrons. The van der Waals surface area contributed by atoms with E-state index in [1.807, 2.05) is 24.3 Å². The highest BCUT2D eigenvalue weighted by Crippen LogP contribution is 2.23. The van der Waals surface area contributed by atoms with Gasteiger partial charge in [-0.3, -0.25) is 4.79 Å². The highest BCUT2D eigenvalue weighted by Gasteiger charge is 2.07. The van der Waals surface area contributed by atoms with Crippen LogP contribution in [0.4, 0.5) is 0 Å². The monoisotopic (exact) mass is 277 g/mol. The van der Waals surface area contributed by atoms with Crippen molar-refractivity contribution in [2.75, 3.05) is 12.3 Å². The molecule has 1 amide bonds. The van der Waals surface area contributed by atoms with E-state index in [1.54, 1.807) is 6.92 Å². The summed E-state index contributed by atoms with van der Waals surface area (Å²) in [7, 11) is 0. The van der Waals surface area contributed by atoms with E-state index >= 15 is 0 Å². The number of benzene rings is 1. The van der Waals surface area contributed by atoms with E-state index in [0.29, 0.717) is 0 Å². The predicted octanol–water partition coefficient (Wildman–Crippen LogP) is 1.22. The zero-order valence-corrected chi connectivity index (χ0v) is 11.4. The topological polar surface area (TPSA) is 75.1 Å². The Balaban J connectivity index is 2.00. The second-order valence-electron chi connectivity index (χ2n) is 4.14. The van der Waals surface area contributed by atoms with Crippen molar-refractivity contribution >= 4 is 28.6 Å². The normalized spacial score (nSPS) is 12.3. The standard InChI is InChI=1S/C13H15N3O2S/c1-9(17)6-14-12(18)7-19-13-10-4-2-3-5-11(10)15-8-16-13/h2-5,8-9,17H,6-7H2,1H3,(H,14,18)/t9-/m0/s1. The van der Waals surface area contributed by atoms with E-state index < -0.39 is 6.10 Å². The molecule has 2 aromatic rings. The number of hydrogen-bond donors (Lipinski definition) is 2. The third-order valence-corrected chi connectivity index (χ3v) is 3.45. The molecule has 2 N–H and O–H groups in total. The number of aliphatic hydroxyl groups excluding tert-OH is 1. The molecule has 6 heteroatoms. The largest absolute Gasteiger partial charge is 0.392 e. The van der Waals surface area contributed by atoms with Gasteiger partial charge in [0.05, 0.1) is 17.4 Å². The molecule has 0 saturated heterocycles. The van der Waals surface area contributed by atoms with Gasteiger partial charge in [0, 0.05) is 11.9 Å². The van der Waals surface area contributed by atoms with Crippen molar-refractivity contribution in [3.63, 3.8) is 0 Å². The van der Waals surface area contributed by atoms with Crippen LogP contribution in [-0.2, 0) is 4.79 Å². The second-order valence-corrected chi connectivity index (χ2v) is 5.10. The summed E-state index contributed by atoms with van der Waals surface area (Å²) in [6, 6.07) is 7.68. The van der Waals surface area contributed by atoms with Gasteiger partial charge in [-0.1, -0.05) is 30.0 Å². The minimum Gasteiger partial charge on any atom is -0.392 e. The van der Waals surface area contributed by atoms with Gasteiger partial charge in [0.25, 0.3) is 0 Å². The fraction of sp³-hybridized carbons (Fsp3) is 0.308. The van der Waals surface area contributed by atoms with Crippen molar-refractivity contribution in [2.24, 2.45) is 0 Å². The van der Waals surface area contributed by atoms with Crippen molar-refractivity contribution in [3.05, 3.63) is 30.6 Å². The fourth-order valence-electron chi connectivity index (χ4n) is 1.54. The summed E-state index contributed by atoms with van der Waals surface area (Å²) >= 11 is 1.36. The number of aliphatic hydroxyl groups is 1. The zero-order chi connectivity index (χ0) is 13.7. The van der Waals surface area contributed by atoms with Crippen LogP contribution in [0.2, 0.25) is 0 Å². The number of amides is 1. The van der Waals surface area contributed by atoms with Gasteiger partial charge in [-0.15, -0.1) is 0 Å². The SMILES string of the molecule is C[C@H](O)CNC(=O)CSc1ncnc2ccccc12. The number of aromatic nitrogens is 2. The van der Waals surface area contributed by atoms with Crippen LogP contribution in [0.3, 0.4) is 0 Å². The smallest absolute Gasteiger partial charge is 0.230 e. The molecule has 19 heavy (non-hydrogen) atoms. The van der Waals surface area contributed by atoms with Crippen molar-refractivity contribution in [1.82, 2.24) is 15.3 Å². The van der Waals surface area contributed by atoms with Crippen LogP contribution >= 0.6 is 11.8 Å². The first kappa shape index (κ1) is 13.8. The van der Waals surface area contributed by atoms with E-state index in [2.05, 4.69) is 15.3 Å². The average molecular weight is 277 g/mol. The molecule has 0 unspecified atom stereocenters. The summed E-state index contributed by atoms with van der Waals surface area (Å²) in [6.07, 6.45) is 0.965. The van der Waals surface area contributed by atoms with E-state index in [0.717, 1.165) is 15.9 Å². The summed E-state index contributed by atoms with van der Waals surface area (Å²) in [5, 5.41) is 13.5. The number of thioether (sulfide) groups is 1. The Morgan fingerprint density at radius 1 is 1.42 bits per heavy atom. The predicted molar refractivity (Wildman–Crippen MR) is 75.0 cm³/mol. The van der Waals surface area contributed by atoms with Gasteiger partial charge < -0.3 is 10.4 Å². The van der Waals surface area contributed by atoms with Gasteiger partial charge in [0.1, 0.15) is 11.4 Å². The van der Waals surface area contributed by atoms with E-state index in [-0.39, 0.29) is 18.2 Å². The van der Waals surface area contributed by atoms with Crippen LogP contribution in [0.1, 0.15) is 6.92 Å². The maximum Gasteiger partial charge on any atom is 0.230 e. The van der Waals surface area contributed by atoms with Crippen molar-refractivity contribution < 1.29 is 9.90 Å². The average Bonchev–Trinajstić information content (AvgIpc) is 2.42. The number of hydrogen-bond acceptors (Lipinski definition) is 5. The van der Waals surface area contributed by atoms with Gasteiger partial charge in [0.15, 0.2) is 0 Å². The fourth-order valence-corrected chi connectivity index (χ4v) is 2.36. The number of rotatable bonds is 5. The Bertz CT molecular complexity index is 569. The summed E-state index contributed by atoms with van der Waals surface area (Å²) in [4.78, 5) is 19.9. The molecule has 0 bridgehead atoms. The molecule has 0 aliphatic heterocycles. The zero-order valence-electron chi connectivity index (χ0n) is 10.5. The number of para-hydroxylation sites is 1. The lowest BCUT2D eigenvalue weighted by atomic mass is 10.2. The quantitative estimate of drug-likeness (QED) is 0.635. The lowest BCUT2D eigenvalue weighted by Crippen LogP contribution is -2.31. The molecule has 1 aromatic heterocycles. The van der Waals surface area contributed by atoms with Crippen LogP contribution in [0.25, 0.3) is 10.9 Å². The molecule has 1 heterocycles. The third kappa shape index (κ3) is 3.90. The summed E-state index contributed by atoms with van der Waals surface area (Å²) < 4.78 is 0. The van der Waals surface area contributed by atoms with Crippen molar-refractivity contribution in [3.8, 4) is 0 Å². The Labute approximate surface area is 115 Å². The molecule has 0 fully saturated rings. The number of carbonyl (C=O) groups excluding carboxylic acids is 1. The summed E-state index contributed by atoms with van der Waals surface area (Å²) in [5.74, 6) is 0.155. The minimum absolute atomic E-state index is 0.117. The number of carbonyl (C=O) groups is 1. The van der Waals surface area contributed by atoms with Gasteiger partial charge in [-0.2, -0.15) is 0 Å². The van der Waals surface area contributed by atoms with Gasteiger partial charge in [-0.05, 0) is 13.0 Å². The lowest BCUT2D eigenvalue weighted by molar-refractivity contribution is -0.118. The van der Waals surface area contributed by atoms with Crippen LogP contribution in [0.5, 0.6) is 0 Å². The molecule has 5 nitrogen and oxygen atoms in total. The van der Waals surface area contributed by atoms with Crippen LogP contribution < -0.4 is 5.32 Å². The van der Waals surface area contributed by atoms with Crippen molar-refractivity contribution in [2.45, 2.75) is 18.1 Å². The highest BCUT2D eigenvalue weighted by atomic mass is 32.2. The van der Waals surface area contributed by atoms with Gasteiger partial charge >= 0.3 is 0 Å². The van der Waals surface area contributed by atoms with E-state index in [4.69, 9.17) is 5.11 Å². The Morgan fingerprint density at radius 3 is 3.00 bits per heavy atom. The molecule has 0 radical (unpaired) electrons. The third-order valence-electron chi connectivity index (χ3n) is 2.44. The lowest BCUT2D eigenvalue weighted by Gasteiger charge is -2.07. The van der Waals surface area contributed by atoms with Crippen molar-refractivity contribution in [1.29, 1.82) is 0 Å². The van der Waals surface area contributed by atoms with Crippen LogP contribution in [0, 0.1) is 0 Å². The summed E-state index contributed by atoms with van der Waals surface area (Å²) in [6.45, 7) is 1.90. The molecular weight excluding hydrogens is 262 g/mol. The molecule has 1 atom stereocenters. The Kier molecular flexibility index (Phi) is 4.70. The number of fused-ring (bicyclic) bond motifs is 1. The summed E-state index contributed by atoms with van der Waals surface area (Å²) in [5.41, 5.74) is 0.865.